The standard InChI is InChI=1S/C33H42N8O5/c1-38(2)29(42)21-40-27-20-34-32(37-30(27)41(33(40)43)24-11-15-44-16-12-24)35-23-7-9-25(10-8-23)46-31-26-6-4-3-5-22(26)19-28(36-31)39-13-17-45-18-14-39/h3-6,19-20,23-25H,7-18,21H2,1-2H3,(H,34,35,37)/t23-,25+. The van der Waals surface area contributed by atoms with Crippen LogP contribution in [0.2, 0.25) is 0 Å². The van der Waals surface area contributed by atoms with E-state index in [-0.39, 0.29) is 36.3 Å². The number of ether oxygens (including phenoxy) is 3. The van der Waals surface area contributed by atoms with E-state index in [2.05, 4.69) is 33.4 Å². The van der Waals surface area contributed by atoms with Gasteiger partial charge in [0.2, 0.25) is 17.7 Å². The number of rotatable bonds is 8. The summed E-state index contributed by atoms with van der Waals surface area (Å²) in [6.45, 7) is 4.16. The van der Waals surface area contributed by atoms with Crippen LogP contribution in [0.15, 0.2) is 41.3 Å². The molecule has 1 saturated carbocycles. The van der Waals surface area contributed by atoms with Crippen molar-refractivity contribution in [3.05, 3.63) is 47.0 Å². The Labute approximate surface area is 267 Å². The number of aromatic nitrogens is 5. The van der Waals surface area contributed by atoms with Crippen LogP contribution in [0.4, 0.5) is 11.8 Å². The van der Waals surface area contributed by atoms with Gasteiger partial charge in [-0.25, -0.2) is 9.78 Å². The van der Waals surface area contributed by atoms with Crippen molar-refractivity contribution in [3.63, 3.8) is 0 Å². The number of amides is 1. The number of carbonyl (C=O) groups is 1. The first kappa shape index (κ1) is 30.4. The molecular weight excluding hydrogens is 588 g/mol. The average Bonchev–Trinajstić information content (AvgIpc) is 3.36. The second-order valence-corrected chi connectivity index (χ2v) is 12.6. The minimum Gasteiger partial charge on any atom is -0.474 e. The quantitative estimate of drug-likeness (QED) is 0.310. The van der Waals surface area contributed by atoms with Crippen molar-refractivity contribution in [2.75, 3.05) is 63.8 Å². The predicted molar refractivity (Wildman–Crippen MR) is 175 cm³/mol. The summed E-state index contributed by atoms with van der Waals surface area (Å²) in [6, 6.07) is 10.5. The van der Waals surface area contributed by atoms with Crippen molar-refractivity contribution in [2.24, 2.45) is 0 Å². The number of anilines is 2. The van der Waals surface area contributed by atoms with Gasteiger partial charge in [-0.1, -0.05) is 18.2 Å². The lowest BCUT2D eigenvalue weighted by atomic mass is 9.93. The highest BCUT2D eigenvalue weighted by Crippen LogP contribution is 2.32. The molecule has 1 N–H and O–H groups in total. The minimum absolute atomic E-state index is 0.0405. The molecule has 3 aromatic heterocycles. The van der Waals surface area contributed by atoms with E-state index in [9.17, 15) is 9.59 Å². The lowest BCUT2D eigenvalue weighted by molar-refractivity contribution is -0.129. The van der Waals surface area contributed by atoms with Gasteiger partial charge in [0.25, 0.3) is 0 Å². The van der Waals surface area contributed by atoms with Crippen molar-refractivity contribution in [1.29, 1.82) is 0 Å². The summed E-state index contributed by atoms with van der Waals surface area (Å²) >= 11 is 0. The minimum atomic E-state index is -0.236. The number of imidazole rings is 1. The predicted octanol–water partition coefficient (Wildman–Crippen LogP) is 3.22. The van der Waals surface area contributed by atoms with Crippen LogP contribution in [0.3, 0.4) is 0 Å². The van der Waals surface area contributed by atoms with Crippen LogP contribution in [0.1, 0.15) is 44.6 Å². The summed E-state index contributed by atoms with van der Waals surface area (Å²) < 4.78 is 20.9. The van der Waals surface area contributed by atoms with Crippen LogP contribution < -0.4 is 20.6 Å². The zero-order chi connectivity index (χ0) is 31.6. The van der Waals surface area contributed by atoms with Gasteiger partial charge in [0, 0.05) is 57.9 Å². The van der Waals surface area contributed by atoms with Crippen LogP contribution in [-0.2, 0) is 20.8 Å². The molecule has 46 heavy (non-hydrogen) atoms. The number of benzene rings is 1. The topological polar surface area (TPSA) is 129 Å². The molecular formula is C33H42N8O5. The number of hydrogen-bond acceptors (Lipinski definition) is 10. The van der Waals surface area contributed by atoms with Crippen LogP contribution in [-0.4, -0.2) is 101 Å². The number of morpholine rings is 1. The van der Waals surface area contributed by atoms with E-state index < -0.39 is 0 Å². The fourth-order valence-electron chi connectivity index (χ4n) is 6.69. The first-order chi connectivity index (χ1) is 22.4. The molecule has 7 rings (SSSR count). The molecule has 0 radical (unpaired) electrons. The largest absolute Gasteiger partial charge is 0.474 e. The molecule has 0 atom stereocenters. The zero-order valence-corrected chi connectivity index (χ0v) is 26.6. The fraction of sp³-hybridized carbons (Fsp3) is 0.545. The summed E-state index contributed by atoms with van der Waals surface area (Å²) in [5.41, 5.74) is 0.879. The van der Waals surface area contributed by atoms with E-state index in [1.807, 2.05) is 12.1 Å². The number of pyridine rings is 1. The van der Waals surface area contributed by atoms with Crippen molar-refractivity contribution in [1.82, 2.24) is 29.0 Å². The Hall–Kier alpha value is -4.23. The third-order valence-corrected chi connectivity index (χ3v) is 9.37. The van der Waals surface area contributed by atoms with Crippen molar-refractivity contribution < 1.29 is 19.0 Å². The van der Waals surface area contributed by atoms with Gasteiger partial charge in [0.15, 0.2) is 5.65 Å². The van der Waals surface area contributed by atoms with Gasteiger partial charge in [-0.05, 0) is 56.0 Å². The Morgan fingerprint density at radius 3 is 2.50 bits per heavy atom. The molecule has 244 valence electrons. The maximum absolute atomic E-state index is 13.6. The van der Waals surface area contributed by atoms with Crippen LogP contribution in [0.25, 0.3) is 21.9 Å². The molecule has 1 amide bonds. The monoisotopic (exact) mass is 630 g/mol. The summed E-state index contributed by atoms with van der Waals surface area (Å²) in [5.74, 6) is 1.94. The molecule has 2 saturated heterocycles. The third kappa shape index (κ3) is 6.25. The molecule has 0 bridgehead atoms. The maximum Gasteiger partial charge on any atom is 0.331 e. The van der Waals surface area contributed by atoms with E-state index in [0.717, 1.165) is 68.2 Å². The van der Waals surface area contributed by atoms with Crippen LogP contribution >= 0.6 is 0 Å². The number of nitrogens with zero attached hydrogens (tertiary/aromatic N) is 7. The number of nitrogens with one attached hydrogen (secondary N) is 1. The van der Waals surface area contributed by atoms with E-state index >= 15 is 0 Å². The molecule has 2 aliphatic heterocycles. The van der Waals surface area contributed by atoms with Gasteiger partial charge in [0.1, 0.15) is 24.0 Å². The van der Waals surface area contributed by atoms with Gasteiger partial charge < -0.3 is 29.3 Å². The maximum atomic E-state index is 13.6. The van der Waals surface area contributed by atoms with Gasteiger partial charge in [0.05, 0.1) is 19.4 Å². The van der Waals surface area contributed by atoms with Crippen molar-refractivity contribution in [2.45, 2.75) is 63.3 Å². The number of carbonyl (C=O) groups excluding carboxylic acids is 1. The SMILES string of the molecule is CN(C)C(=O)Cn1c(=O)n(C2CCOCC2)c2nc(N[C@H]3CC[C@@H](Oc4nc(N5CCOCC5)cc5ccccc45)CC3)ncc21. The molecule has 4 aromatic rings. The highest BCUT2D eigenvalue weighted by molar-refractivity contribution is 5.89. The number of fused-ring (bicyclic) bond motifs is 2. The molecule has 0 spiro atoms. The Balaban J connectivity index is 1.06. The highest BCUT2D eigenvalue weighted by Gasteiger charge is 2.28. The smallest absolute Gasteiger partial charge is 0.331 e. The molecule has 13 nitrogen and oxygen atoms in total. The Bertz CT molecular complexity index is 1750. The Kier molecular flexibility index (Phi) is 8.76. The first-order valence-corrected chi connectivity index (χ1v) is 16.4. The lowest BCUT2D eigenvalue weighted by Crippen LogP contribution is -2.37. The van der Waals surface area contributed by atoms with Crippen molar-refractivity contribution >= 4 is 39.6 Å². The molecule has 3 aliphatic rings. The van der Waals surface area contributed by atoms with E-state index in [1.165, 1.54) is 9.47 Å². The molecule has 3 fully saturated rings. The second-order valence-electron chi connectivity index (χ2n) is 12.6. The summed E-state index contributed by atoms with van der Waals surface area (Å²) in [5, 5.41) is 5.67. The highest BCUT2D eigenvalue weighted by atomic mass is 16.5. The third-order valence-electron chi connectivity index (χ3n) is 9.37. The molecule has 1 aliphatic carbocycles. The van der Waals surface area contributed by atoms with Gasteiger partial charge in [-0.15, -0.1) is 0 Å². The Morgan fingerprint density at radius 2 is 1.74 bits per heavy atom. The summed E-state index contributed by atoms with van der Waals surface area (Å²) in [6.07, 6.45) is 6.67. The summed E-state index contributed by atoms with van der Waals surface area (Å²) in [7, 11) is 3.37. The van der Waals surface area contributed by atoms with E-state index in [1.54, 1.807) is 24.9 Å². The van der Waals surface area contributed by atoms with Gasteiger partial charge in [-0.3, -0.25) is 13.9 Å². The van der Waals surface area contributed by atoms with E-state index in [4.69, 9.17) is 24.2 Å². The van der Waals surface area contributed by atoms with Gasteiger partial charge in [-0.2, -0.15) is 9.97 Å². The number of hydrogen-bond donors (Lipinski definition) is 1. The fourth-order valence-corrected chi connectivity index (χ4v) is 6.69. The van der Waals surface area contributed by atoms with Crippen LogP contribution in [0, 0.1) is 0 Å². The van der Waals surface area contributed by atoms with Gasteiger partial charge >= 0.3 is 5.69 Å². The molecule has 1 aromatic carbocycles. The van der Waals surface area contributed by atoms with E-state index in [0.29, 0.717) is 49.4 Å². The second kappa shape index (κ2) is 13.2. The lowest BCUT2D eigenvalue weighted by Gasteiger charge is -2.31. The Morgan fingerprint density at radius 1 is 1.00 bits per heavy atom. The number of likely N-dealkylation sites (N-methyl/N-ethyl adjacent to an activating group) is 1. The molecule has 13 heteroatoms. The normalized spacial score (nSPS) is 21.0. The van der Waals surface area contributed by atoms with Crippen molar-refractivity contribution in [3.8, 4) is 5.88 Å². The first-order valence-electron chi connectivity index (χ1n) is 16.4. The summed E-state index contributed by atoms with van der Waals surface area (Å²) in [4.78, 5) is 44.4. The average molecular weight is 631 g/mol. The zero-order valence-electron chi connectivity index (χ0n) is 26.6. The molecule has 0 unspecified atom stereocenters. The van der Waals surface area contributed by atoms with Crippen LogP contribution in [0.5, 0.6) is 5.88 Å². The molecule has 5 heterocycles.